The maximum atomic E-state index is 13.4. The SMILES string of the molecule is O=C(Nc1nc2cc(F)c(F)cc2s1)C1CCCN1C(=O)Cc1ccccc1. The van der Waals surface area contributed by atoms with Crippen LogP contribution in [0.4, 0.5) is 13.9 Å². The molecule has 8 heteroatoms. The standard InChI is InChI=1S/C20H17F2N3O2S/c21-13-10-15-17(11-14(13)22)28-20(23-15)24-19(27)16-7-4-8-25(16)18(26)9-12-5-2-1-3-6-12/h1-3,5-6,10-11,16H,4,7-9H2,(H,23,24,27). The monoisotopic (exact) mass is 401 g/mol. The summed E-state index contributed by atoms with van der Waals surface area (Å²) in [7, 11) is 0. The van der Waals surface area contributed by atoms with E-state index in [4.69, 9.17) is 0 Å². The molecule has 1 N–H and O–H groups in total. The number of nitrogens with zero attached hydrogens (tertiary/aromatic N) is 2. The molecule has 0 spiro atoms. The van der Waals surface area contributed by atoms with Gasteiger partial charge < -0.3 is 10.2 Å². The van der Waals surface area contributed by atoms with Gasteiger partial charge in [-0.1, -0.05) is 41.7 Å². The van der Waals surface area contributed by atoms with E-state index < -0.39 is 17.7 Å². The summed E-state index contributed by atoms with van der Waals surface area (Å²) in [4.78, 5) is 31.1. The third kappa shape index (κ3) is 3.73. The largest absolute Gasteiger partial charge is 0.330 e. The van der Waals surface area contributed by atoms with Gasteiger partial charge in [-0.25, -0.2) is 13.8 Å². The molecule has 2 amide bonds. The van der Waals surface area contributed by atoms with Gasteiger partial charge in [0.05, 0.1) is 16.6 Å². The van der Waals surface area contributed by atoms with Gasteiger partial charge in [-0.15, -0.1) is 0 Å². The number of anilines is 1. The minimum atomic E-state index is -0.982. The summed E-state index contributed by atoms with van der Waals surface area (Å²) < 4.78 is 27.1. The molecule has 1 atom stereocenters. The van der Waals surface area contributed by atoms with Crippen LogP contribution in [0, 0.1) is 11.6 Å². The maximum absolute atomic E-state index is 13.4. The van der Waals surface area contributed by atoms with E-state index in [2.05, 4.69) is 10.3 Å². The normalized spacial score (nSPS) is 16.5. The number of nitrogens with one attached hydrogen (secondary N) is 1. The molecule has 0 bridgehead atoms. The summed E-state index contributed by atoms with van der Waals surface area (Å²) in [6.07, 6.45) is 1.56. The van der Waals surface area contributed by atoms with Crippen molar-refractivity contribution in [3.8, 4) is 0 Å². The molecular weight excluding hydrogens is 384 g/mol. The highest BCUT2D eigenvalue weighted by Crippen LogP contribution is 2.29. The molecule has 1 fully saturated rings. The van der Waals surface area contributed by atoms with Gasteiger partial charge in [0, 0.05) is 12.6 Å². The second-order valence-corrected chi connectivity index (χ2v) is 7.68. The third-order valence-corrected chi connectivity index (χ3v) is 5.67. The number of fused-ring (bicyclic) bond motifs is 1. The van der Waals surface area contributed by atoms with Crippen LogP contribution in [-0.2, 0) is 16.0 Å². The number of thiazole rings is 1. The Hall–Kier alpha value is -2.87. The Bertz CT molecular complexity index is 1000. The van der Waals surface area contributed by atoms with E-state index in [-0.39, 0.29) is 28.9 Å². The van der Waals surface area contributed by atoms with E-state index >= 15 is 0 Å². The second-order valence-electron chi connectivity index (χ2n) is 6.65. The van der Waals surface area contributed by atoms with E-state index in [1.54, 1.807) is 4.90 Å². The number of aromatic nitrogens is 1. The zero-order valence-electron chi connectivity index (χ0n) is 14.8. The number of carbonyl (C=O) groups excluding carboxylic acids is 2. The Morgan fingerprint density at radius 1 is 1.18 bits per heavy atom. The van der Waals surface area contributed by atoms with Crippen molar-refractivity contribution in [3.63, 3.8) is 0 Å². The van der Waals surface area contributed by atoms with Crippen LogP contribution in [0.25, 0.3) is 10.2 Å². The Labute approximate surface area is 164 Å². The van der Waals surface area contributed by atoms with Gasteiger partial charge in [-0.05, 0) is 24.5 Å². The second kappa shape index (κ2) is 7.63. The van der Waals surface area contributed by atoms with Crippen molar-refractivity contribution in [2.45, 2.75) is 25.3 Å². The predicted octanol–water partition coefficient (Wildman–Crippen LogP) is 3.75. The molecule has 0 saturated carbocycles. The number of hydrogen-bond acceptors (Lipinski definition) is 4. The molecule has 1 aliphatic rings. The van der Waals surface area contributed by atoms with Gasteiger partial charge in [-0.3, -0.25) is 9.59 Å². The first-order valence-corrected chi connectivity index (χ1v) is 9.73. The van der Waals surface area contributed by atoms with E-state index in [0.717, 1.165) is 35.5 Å². The maximum Gasteiger partial charge on any atom is 0.248 e. The molecule has 1 aliphatic heterocycles. The van der Waals surface area contributed by atoms with Crippen LogP contribution in [0.2, 0.25) is 0 Å². The Kier molecular flexibility index (Phi) is 5.04. The van der Waals surface area contributed by atoms with Crippen molar-refractivity contribution < 1.29 is 18.4 Å². The van der Waals surface area contributed by atoms with Gasteiger partial charge in [-0.2, -0.15) is 0 Å². The van der Waals surface area contributed by atoms with E-state index in [1.807, 2.05) is 30.3 Å². The number of likely N-dealkylation sites (tertiary alicyclic amines) is 1. The first-order valence-electron chi connectivity index (χ1n) is 8.91. The molecule has 1 aromatic heterocycles. The number of rotatable bonds is 4. The van der Waals surface area contributed by atoms with Crippen LogP contribution in [0.5, 0.6) is 0 Å². The van der Waals surface area contributed by atoms with Crippen molar-refractivity contribution in [1.29, 1.82) is 0 Å². The quantitative estimate of drug-likeness (QED) is 0.724. The van der Waals surface area contributed by atoms with Crippen molar-refractivity contribution in [1.82, 2.24) is 9.88 Å². The molecular formula is C20H17F2N3O2S. The lowest BCUT2D eigenvalue weighted by Gasteiger charge is -2.23. The van der Waals surface area contributed by atoms with Gasteiger partial charge >= 0.3 is 0 Å². The molecule has 1 saturated heterocycles. The van der Waals surface area contributed by atoms with Crippen molar-refractivity contribution in [2.24, 2.45) is 0 Å². The minimum Gasteiger partial charge on any atom is -0.330 e. The number of benzene rings is 2. The molecule has 2 aromatic carbocycles. The average Bonchev–Trinajstić information content (AvgIpc) is 3.30. The Balaban J connectivity index is 1.47. The highest BCUT2D eigenvalue weighted by molar-refractivity contribution is 7.22. The van der Waals surface area contributed by atoms with Crippen LogP contribution < -0.4 is 5.32 Å². The van der Waals surface area contributed by atoms with Gasteiger partial charge in [0.15, 0.2) is 16.8 Å². The molecule has 144 valence electrons. The number of hydrogen-bond donors (Lipinski definition) is 1. The highest BCUT2D eigenvalue weighted by atomic mass is 32.1. The lowest BCUT2D eigenvalue weighted by Crippen LogP contribution is -2.43. The number of carbonyl (C=O) groups is 2. The van der Waals surface area contributed by atoms with Crippen LogP contribution >= 0.6 is 11.3 Å². The van der Waals surface area contributed by atoms with Crippen LogP contribution in [-0.4, -0.2) is 34.3 Å². The summed E-state index contributed by atoms with van der Waals surface area (Å²) >= 11 is 1.07. The first kappa shape index (κ1) is 18.5. The zero-order valence-corrected chi connectivity index (χ0v) is 15.6. The average molecular weight is 401 g/mol. The fourth-order valence-electron chi connectivity index (χ4n) is 3.38. The third-order valence-electron chi connectivity index (χ3n) is 4.73. The fraction of sp³-hybridized carbons (Fsp3) is 0.250. The Morgan fingerprint density at radius 2 is 1.93 bits per heavy atom. The first-order chi connectivity index (χ1) is 13.5. The smallest absolute Gasteiger partial charge is 0.248 e. The fourth-order valence-corrected chi connectivity index (χ4v) is 4.25. The summed E-state index contributed by atoms with van der Waals surface area (Å²) in [6.45, 7) is 0.528. The van der Waals surface area contributed by atoms with E-state index in [1.165, 1.54) is 0 Å². The van der Waals surface area contributed by atoms with Crippen molar-refractivity contribution >= 4 is 38.5 Å². The summed E-state index contributed by atoms with van der Waals surface area (Å²) in [5.74, 6) is -2.37. The van der Waals surface area contributed by atoms with Crippen molar-refractivity contribution in [2.75, 3.05) is 11.9 Å². The van der Waals surface area contributed by atoms with Crippen LogP contribution in [0.3, 0.4) is 0 Å². The van der Waals surface area contributed by atoms with Gasteiger partial charge in [0.2, 0.25) is 11.8 Å². The highest BCUT2D eigenvalue weighted by Gasteiger charge is 2.34. The Morgan fingerprint density at radius 3 is 2.71 bits per heavy atom. The molecule has 0 aliphatic carbocycles. The summed E-state index contributed by atoms with van der Waals surface area (Å²) in [5, 5.41) is 2.95. The summed E-state index contributed by atoms with van der Waals surface area (Å²) in [5.41, 5.74) is 1.18. The van der Waals surface area contributed by atoms with Crippen LogP contribution in [0.15, 0.2) is 42.5 Å². The molecule has 5 nitrogen and oxygen atoms in total. The molecule has 1 unspecified atom stereocenters. The summed E-state index contributed by atoms with van der Waals surface area (Å²) in [6, 6.07) is 10.9. The number of amides is 2. The lowest BCUT2D eigenvalue weighted by molar-refractivity contribution is -0.136. The zero-order chi connectivity index (χ0) is 19.7. The van der Waals surface area contributed by atoms with Gasteiger partial charge in [0.25, 0.3) is 0 Å². The van der Waals surface area contributed by atoms with Crippen molar-refractivity contribution in [3.05, 3.63) is 59.7 Å². The molecule has 2 heterocycles. The molecule has 28 heavy (non-hydrogen) atoms. The number of halogens is 2. The molecule has 0 radical (unpaired) electrons. The molecule has 3 aromatic rings. The predicted molar refractivity (Wildman–Crippen MR) is 103 cm³/mol. The van der Waals surface area contributed by atoms with Crippen LogP contribution in [0.1, 0.15) is 18.4 Å². The van der Waals surface area contributed by atoms with E-state index in [9.17, 15) is 18.4 Å². The molecule has 4 rings (SSSR count). The van der Waals surface area contributed by atoms with E-state index in [0.29, 0.717) is 17.7 Å². The topological polar surface area (TPSA) is 62.3 Å². The lowest BCUT2D eigenvalue weighted by atomic mass is 10.1. The minimum absolute atomic E-state index is 0.0997. The van der Waals surface area contributed by atoms with Gasteiger partial charge in [0.1, 0.15) is 6.04 Å².